The molecule has 1 aliphatic heterocycles. The lowest BCUT2D eigenvalue weighted by Gasteiger charge is -2.23. The molecule has 1 aliphatic rings. The Labute approximate surface area is 190 Å². The van der Waals surface area contributed by atoms with Crippen LogP contribution in [0.25, 0.3) is 5.76 Å². The molecule has 1 aromatic heterocycles. The van der Waals surface area contributed by atoms with Crippen molar-refractivity contribution < 1.29 is 19.1 Å². The van der Waals surface area contributed by atoms with Crippen LogP contribution < -0.4 is 4.90 Å². The molecule has 3 aromatic rings. The Balaban J connectivity index is 1.94. The number of aliphatic hydroxyl groups is 1. The number of benzene rings is 2. The minimum Gasteiger partial charge on any atom is -0.507 e. The smallest absolute Gasteiger partial charge is 0.300 e. The number of hydrogen-bond donors (Lipinski definition) is 1. The molecule has 2 heterocycles. The van der Waals surface area contributed by atoms with Gasteiger partial charge < -0.3 is 9.52 Å². The minimum absolute atomic E-state index is 0.000934. The highest BCUT2D eigenvalue weighted by Crippen LogP contribution is 2.43. The van der Waals surface area contributed by atoms with Gasteiger partial charge in [-0.1, -0.05) is 37.9 Å². The summed E-state index contributed by atoms with van der Waals surface area (Å²) in [6.07, 6.45) is 0. The van der Waals surface area contributed by atoms with E-state index in [1.165, 1.54) is 4.90 Å². The molecule has 30 heavy (non-hydrogen) atoms. The summed E-state index contributed by atoms with van der Waals surface area (Å²) in [6.45, 7) is 3.67. The molecule has 0 aliphatic carbocycles. The summed E-state index contributed by atoms with van der Waals surface area (Å²) >= 11 is 6.82. The Kier molecular flexibility index (Phi) is 5.42. The number of Topliss-reactive ketones (excluding diaryl/α,β-unsaturated/α-hetero) is 1. The first-order valence-corrected chi connectivity index (χ1v) is 10.8. The number of amides is 1. The van der Waals surface area contributed by atoms with Crippen LogP contribution in [-0.2, 0) is 9.59 Å². The van der Waals surface area contributed by atoms with Gasteiger partial charge in [0.25, 0.3) is 11.7 Å². The topological polar surface area (TPSA) is 70.8 Å². The number of furan rings is 1. The quantitative estimate of drug-likeness (QED) is 0.254. The van der Waals surface area contributed by atoms with E-state index in [1.54, 1.807) is 61.5 Å². The molecule has 0 radical (unpaired) electrons. The molecule has 4 rings (SSSR count). The average Bonchev–Trinajstić information content (AvgIpc) is 3.26. The lowest BCUT2D eigenvalue weighted by Crippen LogP contribution is -2.29. The number of aliphatic hydroxyl groups excluding tert-OH is 1. The fourth-order valence-electron chi connectivity index (χ4n) is 3.52. The fraction of sp³-hybridized carbons (Fsp3) is 0.130. The summed E-state index contributed by atoms with van der Waals surface area (Å²) in [5, 5.41) is 11.1. The van der Waals surface area contributed by atoms with E-state index >= 15 is 0 Å². The third kappa shape index (κ3) is 3.52. The van der Waals surface area contributed by atoms with Crippen molar-refractivity contribution in [1.82, 2.24) is 0 Å². The molecule has 2 aromatic carbocycles. The van der Waals surface area contributed by atoms with Crippen molar-refractivity contribution in [3.05, 3.63) is 91.8 Å². The summed E-state index contributed by atoms with van der Waals surface area (Å²) in [5.74, 6) is -0.653. The summed E-state index contributed by atoms with van der Waals surface area (Å²) < 4.78 is 7.52. The molecule has 5 nitrogen and oxygen atoms in total. The van der Waals surface area contributed by atoms with Crippen LogP contribution >= 0.6 is 31.9 Å². The number of ketones is 1. The Bertz CT molecular complexity index is 1190. The first-order valence-electron chi connectivity index (χ1n) is 9.17. The fourth-order valence-corrected chi connectivity index (χ4v) is 4.03. The lowest BCUT2D eigenvalue weighted by molar-refractivity contribution is -0.132. The van der Waals surface area contributed by atoms with Crippen LogP contribution in [0.3, 0.4) is 0 Å². The highest BCUT2D eigenvalue weighted by atomic mass is 79.9. The molecule has 1 amide bonds. The first-order chi connectivity index (χ1) is 14.3. The number of carbonyl (C=O) groups is 2. The van der Waals surface area contributed by atoms with Crippen LogP contribution in [0.5, 0.6) is 0 Å². The average molecular weight is 531 g/mol. The van der Waals surface area contributed by atoms with Crippen LogP contribution in [0.1, 0.15) is 28.7 Å². The maximum atomic E-state index is 13.0. The van der Waals surface area contributed by atoms with E-state index in [2.05, 4.69) is 31.9 Å². The Morgan fingerprint density at radius 1 is 1.00 bits per heavy atom. The van der Waals surface area contributed by atoms with E-state index in [9.17, 15) is 14.7 Å². The molecular weight excluding hydrogens is 514 g/mol. The highest BCUT2D eigenvalue weighted by Gasteiger charge is 2.48. The molecule has 1 atom stereocenters. The van der Waals surface area contributed by atoms with Gasteiger partial charge in [0.15, 0.2) is 0 Å². The van der Waals surface area contributed by atoms with Crippen molar-refractivity contribution >= 4 is 55.0 Å². The maximum Gasteiger partial charge on any atom is 0.300 e. The molecule has 0 saturated carbocycles. The predicted molar refractivity (Wildman–Crippen MR) is 121 cm³/mol. The standard InChI is InChI=1S/C23H17Br2NO4/c1-12-11-14(4-9-17(12)25)21(27)19-20(18-10-3-13(2)30-18)26(23(29)22(19)28)16-7-5-15(24)6-8-16/h3-11,20,27H,1-2H3/b21-19-. The Hall–Kier alpha value is -2.64. The second-order valence-corrected chi connectivity index (χ2v) is 8.83. The second-order valence-electron chi connectivity index (χ2n) is 7.06. The lowest BCUT2D eigenvalue weighted by atomic mass is 9.98. The number of halogens is 2. The first kappa shape index (κ1) is 20.6. The van der Waals surface area contributed by atoms with Crippen molar-refractivity contribution in [2.75, 3.05) is 4.90 Å². The van der Waals surface area contributed by atoms with Crippen LogP contribution in [-0.4, -0.2) is 16.8 Å². The van der Waals surface area contributed by atoms with Gasteiger partial charge in [0.05, 0.1) is 5.57 Å². The van der Waals surface area contributed by atoms with Gasteiger partial charge in [-0.05, 0) is 67.9 Å². The Morgan fingerprint density at radius 2 is 1.70 bits per heavy atom. The Morgan fingerprint density at radius 3 is 2.30 bits per heavy atom. The van der Waals surface area contributed by atoms with E-state index in [0.717, 1.165) is 14.5 Å². The molecule has 7 heteroatoms. The van der Waals surface area contributed by atoms with Crippen LogP contribution in [0.4, 0.5) is 5.69 Å². The van der Waals surface area contributed by atoms with Crippen molar-refractivity contribution in [2.24, 2.45) is 0 Å². The molecule has 1 saturated heterocycles. The molecular formula is C23H17Br2NO4. The third-order valence-corrected chi connectivity index (χ3v) is 6.43. The van der Waals surface area contributed by atoms with E-state index in [-0.39, 0.29) is 11.3 Å². The maximum absolute atomic E-state index is 13.0. The minimum atomic E-state index is -0.871. The summed E-state index contributed by atoms with van der Waals surface area (Å²) in [4.78, 5) is 27.4. The molecule has 1 fully saturated rings. The van der Waals surface area contributed by atoms with E-state index in [1.807, 2.05) is 6.92 Å². The van der Waals surface area contributed by atoms with Crippen molar-refractivity contribution in [3.63, 3.8) is 0 Å². The monoisotopic (exact) mass is 529 g/mol. The number of rotatable bonds is 3. The number of anilines is 1. The molecule has 1 N–H and O–H groups in total. The van der Waals surface area contributed by atoms with Crippen LogP contribution in [0.2, 0.25) is 0 Å². The van der Waals surface area contributed by atoms with E-state index in [4.69, 9.17) is 4.42 Å². The van der Waals surface area contributed by atoms with E-state index < -0.39 is 17.7 Å². The van der Waals surface area contributed by atoms with Gasteiger partial charge in [-0.3, -0.25) is 14.5 Å². The molecule has 1 unspecified atom stereocenters. The van der Waals surface area contributed by atoms with Crippen LogP contribution in [0, 0.1) is 13.8 Å². The molecule has 152 valence electrons. The highest BCUT2D eigenvalue weighted by molar-refractivity contribution is 9.10. The zero-order chi connectivity index (χ0) is 21.6. The molecule has 0 spiro atoms. The van der Waals surface area contributed by atoms with Gasteiger partial charge in [0, 0.05) is 20.2 Å². The van der Waals surface area contributed by atoms with Gasteiger partial charge in [-0.15, -0.1) is 0 Å². The SMILES string of the molecule is Cc1ccc(C2/C(=C(/O)c3ccc(Br)c(C)c3)C(=O)C(=O)N2c2ccc(Br)cc2)o1. The third-order valence-electron chi connectivity index (χ3n) is 5.01. The van der Waals surface area contributed by atoms with Gasteiger partial charge >= 0.3 is 0 Å². The summed E-state index contributed by atoms with van der Waals surface area (Å²) in [5.41, 5.74) is 1.88. The number of aryl methyl sites for hydroxylation is 2. The molecule has 0 bridgehead atoms. The van der Waals surface area contributed by atoms with E-state index in [0.29, 0.717) is 22.8 Å². The summed E-state index contributed by atoms with van der Waals surface area (Å²) in [7, 11) is 0. The van der Waals surface area contributed by atoms with Crippen molar-refractivity contribution in [3.8, 4) is 0 Å². The van der Waals surface area contributed by atoms with Crippen LogP contribution in [0.15, 0.2) is 73.5 Å². The zero-order valence-corrected chi connectivity index (χ0v) is 19.3. The number of carbonyl (C=O) groups excluding carboxylic acids is 2. The zero-order valence-electron chi connectivity index (χ0n) is 16.1. The number of nitrogens with zero attached hydrogens (tertiary/aromatic N) is 1. The van der Waals surface area contributed by atoms with Gasteiger partial charge in [-0.25, -0.2) is 0 Å². The van der Waals surface area contributed by atoms with Crippen molar-refractivity contribution in [1.29, 1.82) is 0 Å². The second kappa shape index (κ2) is 7.89. The largest absolute Gasteiger partial charge is 0.507 e. The van der Waals surface area contributed by atoms with Gasteiger partial charge in [0.2, 0.25) is 0 Å². The number of hydrogen-bond acceptors (Lipinski definition) is 4. The summed E-state index contributed by atoms with van der Waals surface area (Å²) in [6, 6.07) is 14.9. The predicted octanol–water partition coefficient (Wildman–Crippen LogP) is 6.05. The normalized spacial score (nSPS) is 18.3. The van der Waals surface area contributed by atoms with Gasteiger partial charge in [0.1, 0.15) is 23.3 Å². The van der Waals surface area contributed by atoms with Gasteiger partial charge in [-0.2, -0.15) is 0 Å². The van der Waals surface area contributed by atoms with Crippen molar-refractivity contribution in [2.45, 2.75) is 19.9 Å².